The summed E-state index contributed by atoms with van der Waals surface area (Å²) in [6.07, 6.45) is 1.15. The van der Waals surface area contributed by atoms with Crippen molar-refractivity contribution < 1.29 is 8.42 Å². The van der Waals surface area contributed by atoms with E-state index in [0.29, 0.717) is 11.3 Å². The van der Waals surface area contributed by atoms with Crippen LogP contribution in [0.3, 0.4) is 0 Å². The van der Waals surface area contributed by atoms with Gasteiger partial charge in [0, 0.05) is 10.7 Å². The Morgan fingerprint density at radius 3 is 2.31 bits per heavy atom. The summed E-state index contributed by atoms with van der Waals surface area (Å²) in [5.74, 6) is 0. The van der Waals surface area contributed by atoms with Crippen molar-refractivity contribution in [2.45, 2.75) is 11.8 Å². The maximum Gasteiger partial charge on any atom is 0.177 e. The first-order valence-corrected chi connectivity index (χ1v) is 6.27. The van der Waals surface area contributed by atoms with E-state index in [1.807, 2.05) is 0 Å². The quantitative estimate of drug-likeness (QED) is 0.786. The van der Waals surface area contributed by atoms with Crippen molar-refractivity contribution in [1.82, 2.24) is 0 Å². The molecule has 5 heteroatoms. The van der Waals surface area contributed by atoms with Gasteiger partial charge >= 0.3 is 0 Å². The van der Waals surface area contributed by atoms with E-state index < -0.39 is 9.84 Å². The number of benzene rings is 1. The normalized spacial score (nSPS) is 11.6. The average Bonchev–Trinajstić information content (AvgIpc) is 1.95. The zero-order valence-electron chi connectivity index (χ0n) is 7.33. The molecule has 0 radical (unpaired) electrons. The fraction of sp³-hybridized carbons (Fsp3) is 0.250. The molecular formula is C8H10BrNO2S. The van der Waals surface area contributed by atoms with E-state index >= 15 is 0 Å². The number of nitrogens with two attached hydrogens (primary N) is 1. The number of anilines is 1. The van der Waals surface area contributed by atoms with Crippen LogP contribution in [0.15, 0.2) is 21.5 Å². The van der Waals surface area contributed by atoms with Crippen LogP contribution in [-0.4, -0.2) is 14.7 Å². The van der Waals surface area contributed by atoms with E-state index in [4.69, 9.17) is 5.73 Å². The second kappa shape index (κ2) is 3.31. The Balaban J connectivity index is 3.62. The first kappa shape index (κ1) is 10.5. The van der Waals surface area contributed by atoms with Crippen molar-refractivity contribution in [1.29, 1.82) is 0 Å². The Morgan fingerprint density at radius 2 is 1.92 bits per heavy atom. The maximum atomic E-state index is 11.3. The third kappa shape index (κ3) is 2.03. The van der Waals surface area contributed by atoms with Gasteiger partial charge in [0.25, 0.3) is 0 Å². The third-order valence-corrected chi connectivity index (χ3v) is 3.88. The smallest absolute Gasteiger partial charge is 0.177 e. The molecule has 0 unspecified atom stereocenters. The van der Waals surface area contributed by atoms with E-state index in [1.54, 1.807) is 19.1 Å². The molecule has 72 valence electrons. The van der Waals surface area contributed by atoms with Gasteiger partial charge in [-0.2, -0.15) is 0 Å². The van der Waals surface area contributed by atoms with Crippen molar-refractivity contribution in [2.75, 3.05) is 12.0 Å². The Kier molecular flexibility index (Phi) is 2.68. The molecule has 0 saturated heterocycles. The predicted octanol–water partition coefficient (Wildman–Crippen LogP) is 1.74. The van der Waals surface area contributed by atoms with E-state index in [2.05, 4.69) is 15.9 Å². The molecule has 0 heterocycles. The lowest BCUT2D eigenvalue weighted by Crippen LogP contribution is -2.05. The molecule has 3 nitrogen and oxygen atoms in total. The molecule has 1 aromatic rings. The molecule has 0 saturated carbocycles. The van der Waals surface area contributed by atoms with E-state index in [9.17, 15) is 8.42 Å². The topological polar surface area (TPSA) is 60.2 Å². The number of hydrogen-bond acceptors (Lipinski definition) is 3. The number of nitrogen functional groups attached to an aromatic ring is 1. The van der Waals surface area contributed by atoms with Crippen molar-refractivity contribution in [3.63, 3.8) is 0 Å². The zero-order chi connectivity index (χ0) is 10.2. The first-order valence-electron chi connectivity index (χ1n) is 3.58. The van der Waals surface area contributed by atoms with Gasteiger partial charge in [-0.3, -0.25) is 0 Å². The van der Waals surface area contributed by atoms with Crippen LogP contribution >= 0.6 is 15.9 Å². The van der Waals surface area contributed by atoms with Crippen LogP contribution in [0.2, 0.25) is 0 Å². The lowest BCUT2D eigenvalue weighted by Gasteiger charge is -2.08. The lowest BCUT2D eigenvalue weighted by atomic mass is 10.2. The fourth-order valence-corrected chi connectivity index (χ4v) is 2.80. The Morgan fingerprint density at radius 1 is 1.38 bits per heavy atom. The number of sulfone groups is 1. The Hall–Kier alpha value is -0.550. The van der Waals surface area contributed by atoms with Crippen molar-refractivity contribution in [3.05, 3.63) is 22.2 Å². The van der Waals surface area contributed by atoms with Crippen molar-refractivity contribution >= 4 is 31.5 Å². The third-order valence-electron chi connectivity index (χ3n) is 1.74. The molecule has 0 fully saturated rings. The molecule has 2 N–H and O–H groups in total. The highest BCUT2D eigenvalue weighted by atomic mass is 79.9. The summed E-state index contributed by atoms with van der Waals surface area (Å²) in [5, 5.41) is 0. The molecule has 1 rings (SSSR count). The second-order valence-electron chi connectivity index (χ2n) is 2.86. The summed E-state index contributed by atoms with van der Waals surface area (Å²) in [7, 11) is -3.24. The number of rotatable bonds is 1. The van der Waals surface area contributed by atoms with Gasteiger partial charge < -0.3 is 5.73 Å². The molecule has 0 amide bonds. The summed E-state index contributed by atoms with van der Waals surface area (Å²) in [5.41, 5.74) is 6.53. The minimum Gasteiger partial charge on any atom is -0.398 e. The van der Waals surface area contributed by atoms with Gasteiger partial charge in [-0.05, 0) is 24.6 Å². The Bertz CT molecular complexity index is 440. The van der Waals surface area contributed by atoms with Gasteiger partial charge in [-0.25, -0.2) is 8.42 Å². The molecule has 13 heavy (non-hydrogen) atoms. The van der Waals surface area contributed by atoms with Crippen molar-refractivity contribution in [2.24, 2.45) is 0 Å². The van der Waals surface area contributed by atoms with Crippen LogP contribution in [0.25, 0.3) is 0 Å². The van der Waals surface area contributed by atoms with Crippen molar-refractivity contribution in [3.8, 4) is 0 Å². The summed E-state index contributed by atoms with van der Waals surface area (Å²) in [6.45, 7) is 1.72. The van der Waals surface area contributed by atoms with Crippen LogP contribution in [0.4, 0.5) is 5.69 Å². The summed E-state index contributed by atoms with van der Waals surface area (Å²) >= 11 is 3.25. The Labute approximate surface area is 86.0 Å². The lowest BCUT2D eigenvalue weighted by molar-refractivity contribution is 0.601. The highest BCUT2D eigenvalue weighted by molar-refractivity contribution is 9.10. The van der Waals surface area contributed by atoms with Gasteiger partial charge in [-0.1, -0.05) is 15.9 Å². The molecule has 0 aliphatic carbocycles. The SMILES string of the molecule is Cc1c(Br)ccc(N)c1S(C)(=O)=O. The van der Waals surface area contributed by atoms with Gasteiger partial charge in [0.1, 0.15) is 0 Å². The fourth-order valence-electron chi connectivity index (χ4n) is 1.18. The van der Waals surface area contributed by atoms with Gasteiger partial charge in [0.2, 0.25) is 0 Å². The average molecular weight is 264 g/mol. The molecule has 0 aromatic heterocycles. The monoisotopic (exact) mass is 263 g/mol. The van der Waals surface area contributed by atoms with Crippen LogP contribution in [-0.2, 0) is 9.84 Å². The molecule has 0 spiro atoms. The van der Waals surface area contributed by atoms with E-state index in [1.165, 1.54) is 0 Å². The van der Waals surface area contributed by atoms with Gasteiger partial charge in [0.05, 0.1) is 10.6 Å². The molecule has 1 aromatic carbocycles. The number of hydrogen-bond donors (Lipinski definition) is 1. The molecule has 0 aliphatic heterocycles. The van der Waals surface area contributed by atoms with Gasteiger partial charge in [-0.15, -0.1) is 0 Å². The predicted molar refractivity (Wildman–Crippen MR) is 56.4 cm³/mol. The van der Waals surface area contributed by atoms with E-state index in [-0.39, 0.29) is 4.90 Å². The van der Waals surface area contributed by atoms with Crippen LogP contribution in [0, 0.1) is 6.92 Å². The molecule has 0 atom stereocenters. The zero-order valence-corrected chi connectivity index (χ0v) is 9.74. The minimum absolute atomic E-state index is 0.210. The van der Waals surface area contributed by atoms with Crippen LogP contribution < -0.4 is 5.73 Å². The molecule has 0 aliphatic rings. The van der Waals surface area contributed by atoms with Crippen LogP contribution in [0.5, 0.6) is 0 Å². The number of halogens is 1. The van der Waals surface area contributed by atoms with Gasteiger partial charge in [0.15, 0.2) is 9.84 Å². The van der Waals surface area contributed by atoms with Crippen LogP contribution in [0.1, 0.15) is 5.56 Å². The minimum atomic E-state index is -3.24. The highest BCUT2D eigenvalue weighted by Gasteiger charge is 2.16. The first-order chi connectivity index (χ1) is 5.84. The largest absolute Gasteiger partial charge is 0.398 e. The standard InChI is InChI=1S/C8H10BrNO2S/c1-5-6(9)3-4-7(10)8(5)13(2,11)12/h3-4H,10H2,1-2H3. The maximum absolute atomic E-state index is 11.3. The molecular weight excluding hydrogens is 254 g/mol. The highest BCUT2D eigenvalue weighted by Crippen LogP contribution is 2.28. The molecule has 0 bridgehead atoms. The summed E-state index contributed by atoms with van der Waals surface area (Å²) < 4.78 is 23.4. The second-order valence-corrected chi connectivity index (χ2v) is 5.67. The summed E-state index contributed by atoms with van der Waals surface area (Å²) in [6, 6.07) is 3.31. The van der Waals surface area contributed by atoms with E-state index in [0.717, 1.165) is 10.7 Å². The summed E-state index contributed by atoms with van der Waals surface area (Å²) in [4.78, 5) is 0.210.